The average Bonchev–Trinajstić information content (AvgIpc) is 3.43. The zero-order valence-electron chi connectivity index (χ0n) is 14.0. The standard InChI is InChI=1S/C19H13ClN6S/c20-12-3-1-11(2-4-12)9-15-16(18-23-10-24-26-18)27-19(25-15)14-6-8-22-17-13(14)5-7-21-17/h1-8,10H,9H2,(H,21,22)(H,23,24,26). The van der Waals surface area contributed by atoms with Gasteiger partial charge in [-0.25, -0.2) is 9.97 Å². The maximum atomic E-state index is 6.01. The molecule has 2 N–H and O–H groups in total. The zero-order valence-corrected chi connectivity index (χ0v) is 15.6. The number of nitrogens with zero attached hydrogens (tertiary/aromatic N) is 4. The Bertz CT molecular complexity index is 1210. The van der Waals surface area contributed by atoms with Crippen LogP contribution in [-0.4, -0.2) is 30.1 Å². The molecule has 0 spiro atoms. The van der Waals surface area contributed by atoms with E-state index in [1.807, 2.05) is 42.6 Å². The molecule has 4 aromatic heterocycles. The van der Waals surface area contributed by atoms with Crippen LogP contribution in [0.15, 0.2) is 55.1 Å². The lowest BCUT2D eigenvalue weighted by Crippen LogP contribution is -1.92. The Morgan fingerprint density at radius 1 is 1.04 bits per heavy atom. The molecule has 5 aromatic rings. The Morgan fingerprint density at radius 3 is 2.74 bits per heavy atom. The van der Waals surface area contributed by atoms with Crippen LogP contribution in [0.3, 0.4) is 0 Å². The third kappa shape index (κ3) is 3.01. The van der Waals surface area contributed by atoms with Crippen molar-refractivity contribution in [2.24, 2.45) is 0 Å². The van der Waals surface area contributed by atoms with Crippen LogP contribution in [0.25, 0.3) is 32.3 Å². The lowest BCUT2D eigenvalue weighted by molar-refractivity contribution is 1.08. The van der Waals surface area contributed by atoms with Crippen molar-refractivity contribution in [2.75, 3.05) is 0 Å². The van der Waals surface area contributed by atoms with E-state index in [2.05, 4.69) is 25.1 Å². The quantitative estimate of drug-likeness (QED) is 0.463. The molecule has 0 amide bonds. The second-order valence-corrected chi connectivity index (χ2v) is 7.47. The molecule has 5 rings (SSSR count). The van der Waals surface area contributed by atoms with Gasteiger partial charge in [-0.15, -0.1) is 21.5 Å². The number of aromatic nitrogens is 6. The van der Waals surface area contributed by atoms with E-state index in [1.54, 1.807) is 23.9 Å². The number of pyridine rings is 1. The summed E-state index contributed by atoms with van der Waals surface area (Å²) >= 11 is 7.61. The molecular weight excluding hydrogens is 380 g/mol. The summed E-state index contributed by atoms with van der Waals surface area (Å²) in [5, 5.41) is 10.8. The molecule has 0 bridgehead atoms. The van der Waals surface area contributed by atoms with Crippen LogP contribution in [0.2, 0.25) is 5.02 Å². The lowest BCUT2D eigenvalue weighted by Gasteiger charge is -2.01. The molecule has 0 atom stereocenters. The normalized spacial score (nSPS) is 11.3. The molecule has 0 aliphatic rings. The fraction of sp³-hybridized carbons (Fsp3) is 0.0526. The van der Waals surface area contributed by atoms with Gasteiger partial charge in [-0.2, -0.15) is 0 Å². The number of rotatable bonds is 4. The summed E-state index contributed by atoms with van der Waals surface area (Å²) in [6.45, 7) is 0. The van der Waals surface area contributed by atoms with Crippen LogP contribution in [0.5, 0.6) is 0 Å². The number of halogens is 1. The van der Waals surface area contributed by atoms with Crippen LogP contribution < -0.4 is 0 Å². The summed E-state index contributed by atoms with van der Waals surface area (Å²) in [6.07, 6.45) is 5.95. The second kappa shape index (κ2) is 6.61. The molecule has 0 saturated carbocycles. The van der Waals surface area contributed by atoms with Crippen molar-refractivity contribution in [3.05, 3.63) is 71.4 Å². The van der Waals surface area contributed by atoms with Crippen molar-refractivity contribution >= 4 is 34.0 Å². The first-order valence-electron chi connectivity index (χ1n) is 8.31. The van der Waals surface area contributed by atoms with E-state index in [0.29, 0.717) is 6.42 Å². The number of nitrogens with one attached hydrogen (secondary N) is 2. The fourth-order valence-electron chi connectivity index (χ4n) is 3.03. The van der Waals surface area contributed by atoms with Crippen molar-refractivity contribution in [3.63, 3.8) is 0 Å². The van der Waals surface area contributed by atoms with Gasteiger partial charge >= 0.3 is 0 Å². The summed E-state index contributed by atoms with van der Waals surface area (Å²) in [5.41, 5.74) is 3.99. The largest absolute Gasteiger partial charge is 0.346 e. The molecule has 0 unspecified atom stereocenters. The van der Waals surface area contributed by atoms with Crippen LogP contribution in [0.4, 0.5) is 0 Å². The molecule has 4 heterocycles. The van der Waals surface area contributed by atoms with Gasteiger partial charge in [0.25, 0.3) is 0 Å². The van der Waals surface area contributed by atoms with Gasteiger partial charge in [-0.3, -0.25) is 0 Å². The topological polar surface area (TPSA) is 83.1 Å². The van der Waals surface area contributed by atoms with Crippen LogP contribution in [0, 0.1) is 0 Å². The molecule has 8 heteroatoms. The van der Waals surface area contributed by atoms with Gasteiger partial charge in [0.15, 0.2) is 5.82 Å². The van der Waals surface area contributed by atoms with Crippen LogP contribution >= 0.6 is 22.9 Å². The molecule has 1 aromatic carbocycles. The highest BCUT2D eigenvalue weighted by atomic mass is 35.5. The van der Waals surface area contributed by atoms with E-state index in [9.17, 15) is 0 Å². The third-order valence-electron chi connectivity index (χ3n) is 4.30. The van der Waals surface area contributed by atoms with Gasteiger partial charge in [0.1, 0.15) is 17.0 Å². The minimum atomic E-state index is 0.686. The van der Waals surface area contributed by atoms with Crippen molar-refractivity contribution in [1.29, 1.82) is 0 Å². The van der Waals surface area contributed by atoms with Crippen LogP contribution in [-0.2, 0) is 6.42 Å². The first kappa shape index (κ1) is 16.2. The van der Waals surface area contributed by atoms with E-state index >= 15 is 0 Å². The zero-order chi connectivity index (χ0) is 18.2. The Morgan fingerprint density at radius 2 is 1.93 bits per heavy atom. The predicted molar refractivity (Wildman–Crippen MR) is 107 cm³/mol. The van der Waals surface area contributed by atoms with E-state index in [0.717, 1.165) is 48.6 Å². The number of thiazole rings is 1. The number of aromatic amines is 2. The van der Waals surface area contributed by atoms with Gasteiger partial charge in [-0.05, 0) is 29.8 Å². The molecule has 0 saturated heterocycles. The second-order valence-electron chi connectivity index (χ2n) is 6.03. The van der Waals surface area contributed by atoms with Gasteiger partial charge in [0, 0.05) is 34.8 Å². The molecule has 27 heavy (non-hydrogen) atoms. The van der Waals surface area contributed by atoms with Gasteiger partial charge in [0.05, 0.1) is 10.6 Å². The van der Waals surface area contributed by atoms with Gasteiger partial charge in [0.2, 0.25) is 0 Å². The molecule has 0 aliphatic carbocycles. The smallest absolute Gasteiger partial charge is 0.173 e. The SMILES string of the molecule is Clc1ccc(Cc2nc(-c3ccnc4[nH]ccc34)sc2-c2nnc[nH]2)cc1. The molecule has 132 valence electrons. The number of H-pyrrole nitrogens is 2. The van der Waals surface area contributed by atoms with Crippen molar-refractivity contribution in [1.82, 2.24) is 30.1 Å². The fourth-order valence-corrected chi connectivity index (χ4v) is 4.23. The van der Waals surface area contributed by atoms with Crippen molar-refractivity contribution < 1.29 is 0 Å². The molecule has 0 fully saturated rings. The summed E-state index contributed by atoms with van der Waals surface area (Å²) in [4.78, 5) is 16.5. The summed E-state index contributed by atoms with van der Waals surface area (Å²) < 4.78 is 0. The minimum Gasteiger partial charge on any atom is -0.346 e. The number of hydrogen-bond acceptors (Lipinski definition) is 5. The molecule has 0 aliphatic heterocycles. The Hall–Kier alpha value is -3.03. The maximum absolute atomic E-state index is 6.01. The highest BCUT2D eigenvalue weighted by Gasteiger charge is 2.18. The maximum Gasteiger partial charge on any atom is 0.173 e. The highest BCUT2D eigenvalue weighted by Crippen LogP contribution is 2.37. The number of benzene rings is 1. The summed E-state index contributed by atoms with van der Waals surface area (Å²) in [7, 11) is 0. The first-order valence-corrected chi connectivity index (χ1v) is 9.50. The molecule has 0 radical (unpaired) electrons. The van der Waals surface area contributed by atoms with E-state index < -0.39 is 0 Å². The molecule has 6 nitrogen and oxygen atoms in total. The Kier molecular flexibility index (Phi) is 3.95. The monoisotopic (exact) mass is 392 g/mol. The number of fused-ring (bicyclic) bond motifs is 1. The average molecular weight is 393 g/mol. The minimum absolute atomic E-state index is 0.686. The third-order valence-corrected chi connectivity index (χ3v) is 5.69. The van der Waals surface area contributed by atoms with Gasteiger partial charge in [-0.1, -0.05) is 23.7 Å². The predicted octanol–water partition coefficient (Wildman–Crippen LogP) is 4.72. The summed E-state index contributed by atoms with van der Waals surface area (Å²) in [6, 6.07) is 11.8. The Labute approximate surface area is 163 Å². The van der Waals surface area contributed by atoms with E-state index in [-0.39, 0.29) is 0 Å². The van der Waals surface area contributed by atoms with E-state index in [1.165, 1.54) is 0 Å². The first-order chi connectivity index (χ1) is 13.3. The van der Waals surface area contributed by atoms with Crippen LogP contribution in [0.1, 0.15) is 11.3 Å². The Balaban J connectivity index is 1.63. The molecular formula is C19H13ClN6S. The number of hydrogen-bond donors (Lipinski definition) is 2. The van der Waals surface area contributed by atoms with E-state index in [4.69, 9.17) is 16.6 Å². The van der Waals surface area contributed by atoms with Crippen molar-refractivity contribution in [2.45, 2.75) is 6.42 Å². The highest BCUT2D eigenvalue weighted by molar-refractivity contribution is 7.18. The van der Waals surface area contributed by atoms with Gasteiger partial charge < -0.3 is 9.97 Å². The summed E-state index contributed by atoms with van der Waals surface area (Å²) in [5.74, 6) is 0.724. The lowest BCUT2D eigenvalue weighted by atomic mass is 10.1. The van der Waals surface area contributed by atoms with Crippen molar-refractivity contribution in [3.8, 4) is 21.3 Å².